The van der Waals surface area contributed by atoms with Crippen LogP contribution in [-0.2, 0) is 14.8 Å². The Kier molecular flexibility index (Phi) is 8.10. The van der Waals surface area contributed by atoms with Gasteiger partial charge in [0.2, 0.25) is 5.91 Å². The summed E-state index contributed by atoms with van der Waals surface area (Å²) in [6, 6.07) is 18.5. The van der Waals surface area contributed by atoms with Gasteiger partial charge in [-0.25, -0.2) is 12.8 Å². The van der Waals surface area contributed by atoms with Crippen molar-refractivity contribution >= 4 is 33.0 Å². The quantitative estimate of drug-likeness (QED) is 0.435. The van der Waals surface area contributed by atoms with Crippen LogP contribution in [0.1, 0.15) is 26.2 Å². The Morgan fingerprint density at radius 3 is 2.19 bits per heavy atom. The van der Waals surface area contributed by atoms with Gasteiger partial charge in [-0.3, -0.25) is 9.10 Å². The highest BCUT2D eigenvalue weighted by Gasteiger charge is 2.27. The van der Waals surface area contributed by atoms with Gasteiger partial charge in [-0.15, -0.1) is 0 Å². The number of ether oxygens (including phenoxy) is 1. The summed E-state index contributed by atoms with van der Waals surface area (Å²) in [5, 5.41) is 2.78. The van der Waals surface area contributed by atoms with Gasteiger partial charge >= 0.3 is 0 Å². The molecule has 1 heterocycles. The lowest BCUT2D eigenvalue weighted by Crippen LogP contribution is -2.38. The fourth-order valence-corrected chi connectivity index (χ4v) is 5.58. The Labute approximate surface area is 211 Å². The normalized spacial score (nSPS) is 13.8. The zero-order chi connectivity index (χ0) is 25.5. The second-order valence-electron chi connectivity index (χ2n) is 8.54. The van der Waals surface area contributed by atoms with Gasteiger partial charge in [0.25, 0.3) is 10.0 Å². The number of sulfonamides is 1. The van der Waals surface area contributed by atoms with Crippen molar-refractivity contribution in [2.45, 2.75) is 31.1 Å². The zero-order valence-electron chi connectivity index (χ0n) is 20.2. The maximum absolute atomic E-state index is 13.5. The molecule has 1 amide bonds. The molecular formula is C27H30FN3O4S. The Bertz CT molecular complexity index is 1260. The standard InChI is InChI=1S/C27H30FN3O4S/c1-2-35-25-14-16-26(17-15-25)36(33,34)31(24-10-6-21(28)7-11-24)20-27(32)29-22-8-12-23(13-9-22)30-18-4-3-5-19-30/h6-17H,2-5,18-20H2,1H3,(H,29,32). The van der Waals surface area contributed by atoms with E-state index in [9.17, 15) is 17.6 Å². The molecule has 1 fully saturated rings. The molecule has 0 radical (unpaired) electrons. The topological polar surface area (TPSA) is 79.0 Å². The fraction of sp³-hybridized carbons (Fsp3) is 0.296. The number of anilines is 3. The molecule has 190 valence electrons. The third-order valence-corrected chi connectivity index (χ3v) is 7.78. The van der Waals surface area contributed by atoms with Crippen LogP contribution < -0.4 is 19.3 Å². The molecule has 9 heteroatoms. The van der Waals surface area contributed by atoms with Crippen molar-refractivity contribution in [3.63, 3.8) is 0 Å². The summed E-state index contributed by atoms with van der Waals surface area (Å²) in [6.45, 7) is 3.84. The molecule has 0 unspecified atom stereocenters. The van der Waals surface area contributed by atoms with Gasteiger partial charge in [0.05, 0.1) is 17.2 Å². The van der Waals surface area contributed by atoms with Crippen LogP contribution in [0.15, 0.2) is 77.7 Å². The van der Waals surface area contributed by atoms with Crippen LogP contribution in [0.2, 0.25) is 0 Å². The van der Waals surface area contributed by atoms with Crippen molar-refractivity contribution in [2.75, 3.05) is 40.8 Å². The first-order chi connectivity index (χ1) is 17.4. The predicted molar refractivity (Wildman–Crippen MR) is 140 cm³/mol. The molecule has 0 aromatic heterocycles. The van der Waals surface area contributed by atoms with E-state index < -0.39 is 28.3 Å². The van der Waals surface area contributed by atoms with E-state index in [1.807, 2.05) is 31.2 Å². The molecule has 0 atom stereocenters. The average Bonchev–Trinajstić information content (AvgIpc) is 2.89. The van der Waals surface area contributed by atoms with E-state index >= 15 is 0 Å². The summed E-state index contributed by atoms with van der Waals surface area (Å²) in [4.78, 5) is 15.3. The van der Waals surface area contributed by atoms with Crippen LogP contribution in [0.5, 0.6) is 5.75 Å². The molecule has 1 aliphatic heterocycles. The second-order valence-corrected chi connectivity index (χ2v) is 10.4. The average molecular weight is 512 g/mol. The van der Waals surface area contributed by atoms with Gasteiger partial charge in [-0.2, -0.15) is 0 Å². The molecular weight excluding hydrogens is 481 g/mol. The summed E-state index contributed by atoms with van der Waals surface area (Å²) in [5.74, 6) is -0.481. The Balaban J connectivity index is 1.53. The summed E-state index contributed by atoms with van der Waals surface area (Å²) in [5.41, 5.74) is 1.85. The van der Waals surface area contributed by atoms with Gasteiger partial charge < -0.3 is 15.0 Å². The number of nitrogens with zero attached hydrogens (tertiary/aromatic N) is 2. The maximum Gasteiger partial charge on any atom is 0.264 e. The fourth-order valence-electron chi connectivity index (χ4n) is 4.16. The van der Waals surface area contributed by atoms with Gasteiger partial charge in [0, 0.05) is 24.5 Å². The molecule has 36 heavy (non-hydrogen) atoms. The van der Waals surface area contributed by atoms with E-state index in [0.717, 1.165) is 35.2 Å². The van der Waals surface area contributed by atoms with Gasteiger partial charge in [-0.05, 0) is 99.0 Å². The summed E-state index contributed by atoms with van der Waals surface area (Å²) < 4.78 is 46.9. The number of carbonyl (C=O) groups excluding carboxylic acids is 1. The van der Waals surface area contributed by atoms with Crippen LogP contribution in [0, 0.1) is 5.82 Å². The van der Waals surface area contributed by atoms with Crippen LogP contribution in [0.4, 0.5) is 21.5 Å². The number of benzene rings is 3. The highest BCUT2D eigenvalue weighted by Crippen LogP contribution is 2.26. The molecule has 1 N–H and O–H groups in total. The smallest absolute Gasteiger partial charge is 0.264 e. The second kappa shape index (κ2) is 11.4. The monoisotopic (exact) mass is 511 g/mol. The summed E-state index contributed by atoms with van der Waals surface area (Å²) >= 11 is 0. The molecule has 7 nitrogen and oxygen atoms in total. The molecule has 3 aromatic rings. The van der Waals surface area contributed by atoms with Gasteiger partial charge in [-0.1, -0.05) is 0 Å². The highest BCUT2D eigenvalue weighted by atomic mass is 32.2. The molecule has 4 rings (SSSR count). The van der Waals surface area contributed by atoms with E-state index in [4.69, 9.17) is 4.74 Å². The molecule has 0 spiro atoms. The predicted octanol–water partition coefficient (Wildman–Crippen LogP) is 5.05. The van der Waals surface area contributed by atoms with Crippen LogP contribution in [0.25, 0.3) is 0 Å². The van der Waals surface area contributed by atoms with E-state index in [0.29, 0.717) is 18.0 Å². The van der Waals surface area contributed by atoms with Crippen molar-refractivity contribution in [3.8, 4) is 5.75 Å². The van der Waals surface area contributed by atoms with E-state index in [1.165, 1.54) is 43.5 Å². The van der Waals surface area contributed by atoms with E-state index in [1.54, 1.807) is 12.1 Å². The summed E-state index contributed by atoms with van der Waals surface area (Å²) in [7, 11) is -4.12. The minimum atomic E-state index is -4.12. The third kappa shape index (κ3) is 6.15. The van der Waals surface area contributed by atoms with Crippen molar-refractivity contribution in [1.82, 2.24) is 0 Å². The lowest BCUT2D eigenvalue weighted by atomic mass is 10.1. The first-order valence-corrected chi connectivity index (χ1v) is 13.5. The number of halogens is 1. The number of carbonyl (C=O) groups is 1. The highest BCUT2D eigenvalue weighted by molar-refractivity contribution is 7.92. The number of nitrogens with one attached hydrogen (secondary N) is 1. The molecule has 3 aromatic carbocycles. The largest absolute Gasteiger partial charge is 0.494 e. The first-order valence-electron chi connectivity index (χ1n) is 12.0. The Morgan fingerprint density at radius 2 is 1.58 bits per heavy atom. The molecule has 0 bridgehead atoms. The van der Waals surface area contributed by atoms with E-state index in [-0.39, 0.29) is 10.6 Å². The minimum absolute atomic E-state index is 0.00559. The third-order valence-electron chi connectivity index (χ3n) is 6.00. The van der Waals surface area contributed by atoms with Gasteiger partial charge in [0.15, 0.2) is 0 Å². The van der Waals surface area contributed by atoms with Crippen LogP contribution in [0.3, 0.4) is 0 Å². The van der Waals surface area contributed by atoms with Crippen molar-refractivity contribution in [2.24, 2.45) is 0 Å². The number of hydrogen-bond acceptors (Lipinski definition) is 5. The number of rotatable bonds is 9. The molecule has 1 aliphatic rings. The number of hydrogen-bond donors (Lipinski definition) is 1. The Hall–Kier alpha value is -3.59. The number of piperidine rings is 1. The van der Waals surface area contributed by atoms with Crippen molar-refractivity contribution in [3.05, 3.63) is 78.6 Å². The van der Waals surface area contributed by atoms with Crippen LogP contribution >= 0.6 is 0 Å². The van der Waals surface area contributed by atoms with Crippen molar-refractivity contribution < 1.29 is 22.3 Å². The SMILES string of the molecule is CCOc1ccc(S(=O)(=O)N(CC(=O)Nc2ccc(N3CCCCC3)cc2)c2ccc(F)cc2)cc1. The molecule has 0 aliphatic carbocycles. The lowest BCUT2D eigenvalue weighted by molar-refractivity contribution is -0.114. The zero-order valence-corrected chi connectivity index (χ0v) is 21.0. The molecule has 0 saturated carbocycles. The molecule has 1 saturated heterocycles. The minimum Gasteiger partial charge on any atom is -0.494 e. The first kappa shape index (κ1) is 25.5. The number of amides is 1. The summed E-state index contributed by atoms with van der Waals surface area (Å²) in [6.07, 6.45) is 3.58. The lowest BCUT2D eigenvalue weighted by Gasteiger charge is -2.29. The van der Waals surface area contributed by atoms with E-state index in [2.05, 4.69) is 10.2 Å². The van der Waals surface area contributed by atoms with Crippen molar-refractivity contribution in [1.29, 1.82) is 0 Å². The van der Waals surface area contributed by atoms with Crippen LogP contribution in [-0.4, -0.2) is 40.6 Å². The Morgan fingerprint density at radius 1 is 0.944 bits per heavy atom. The maximum atomic E-state index is 13.5. The van der Waals surface area contributed by atoms with Gasteiger partial charge in [0.1, 0.15) is 18.1 Å².